The van der Waals surface area contributed by atoms with Gasteiger partial charge in [-0.15, -0.1) is 0 Å². The van der Waals surface area contributed by atoms with Gasteiger partial charge in [0.2, 0.25) is 0 Å². The van der Waals surface area contributed by atoms with Gasteiger partial charge in [-0.05, 0) is 34.5 Å². The predicted molar refractivity (Wildman–Crippen MR) is 84.6 cm³/mol. The number of para-hydroxylation sites is 1. The van der Waals surface area contributed by atoms with Crippen molar-refractivity contribution in [3.63, 3.8) is 0 Å². The van der Waals surface area contributed by atoms with Crippen LogP contribution in [0, 0.1) is 13.0 Å². The predicted octanol–water partition coefficient (Wildman–Crippen LogP) is 6.52. The maximum Gasteiger partial charge on any atom is 0.435 e. The average Bonchev–Trinajstić information content (AvgIpc) is 2.51. The molecule has 0 bridgehead atoms. The Bertz CT molecular complexity index is 798. The van der Waals surface area contributed by atoms with Crippen LogP contribution in [0.15, 0.2) is 34.8 Å². The van der Waals surface area contributed by atoms with Crippen LogP contribution in [-0.2, 0) is 5.67 Å². The Balaban J connectivity index is 2.98. The van der Waals surface area contributed by atoms with Gasteiger partial charge in [0.05, 0.1) is 7.11 Å². The molecule has 1 radical (unpaired) electrons. The minimum Gasteiger partial charge on any atom is -0.496 e. The van der Waals surface area contributed by atoms with Crippen LogP contribution in [0.25, 0.3) is 11.1 Å². The van der Waals surface area contributed by atoms with Crippen molar-refractivity contribution in [1.29, 1.82) is 0 Å². The number of alkyl halides is 7. The van der Waals surface area contributed by atoms with Crippen molar-refractivity contribution in [2.24, 2.45) is 0 Å². The topological polar surface area (TPSA) is 9.23 Å². The Hall–Kier alpha value is -1.77. The number of halogens is 8. The summed E-state index contributed by atoms with van der Waals surface area (Å²) in [5.41, 5.74) is -8.02. The highest BCUT2D eigenvalue weighted by Gasteiger charge is 2.74. The third-order valence-corrected chi connectivity index (χ3v) is 4.28. The van der Waals surface area contributed by atoms with Gasteiger partial charge in [-0.1, -0.05) is 24.3 Å². The van der Waals surface area contributed by atoms with Gasteiger partial charge in [-0.2, -0.15) is 26.3 Å². The van der Waals surface area contributed by atoms with E-state index in [9.17, 15) is 30.7 Å². The maximum atomic E-state index is 14.8. The van der Waals surface area contributed by atoms with Crippen molar-refractivity contribution in [3.05, 3.63) is 52.0 Å². The van der Waals surface area contributed by atoms with Crippen LogP contribution in [0.2, 0.25) is 0 Å². The summed E-state index contributed by atoms with van der Waals surface area (Å²) < 4.78 is 99.2. The summed E-state index contributed by atoms with van der Waals surface area (Å²) in [5.74, 6) is -0.0154. The van der Waals surface area contributed by atoms with Crippen LogP contribution in [0.5, 0.6) is 5.75 Å². The van der Waals surface area contributed by atoms with Crippen molar-refractivity contribution in [1.82, 2.24) is 0 Å². The Morgan fingerprint density at radius 3 is 2.00 bits per heavy atom. The highest BCUT2D eigenvalue weighted by molar-refractivity contribution is 9.10. The molecule has 1 nitrogen and oxygen atoms in total. The fraction of sp³-hybridized carbons (Fsp3) is 0.294. The Morgan fingerprint density at radius 1 is 0.962 bits per heavy atom. The molecule has 0 unspecified atom stereocenters. The second-order valence-electron chi connectivity index (χ2n) is 5.41. The standard InChI is InChI=1S/C17H11BrF7O/c1-9-7-11(15(19,16(20,21)22)17(23,24)25)14(12(18)8-9)10-5-3-4-6-13(10)26-2/h3-7H,1-2H3. The van der Waals surface area contributed by atoms with Gasteiger partial charge in [0.1, 0.15) is 5.75 Å². The molecular formula is C17H11BrF7O. The lowest BCUT2D eigenvalue weighted by atomic mass is 9.85. The molecule has 0 heterocycles. The van der Waals surface area contributed by atoms with Crippen LogP contribution in [0.1, 0.15) is 11.1 Å². The molecule has 2 aromatic carbocycles. The zero-order chi connectivity index (χ0) is 19.9. The monoisotopic (exact) mass is 443 g/mol. The van der Waals surface area contributed by atoms with E-state index in [-0.39, 0.29) is 21.3 Å². The molecule has 0 fully saturated rings. The van der Waals surface area contributed by atoms with Gasteiger partial charge >= 0.3 is 18.0 Å². The number of ether oxygens (including phenoxy) is 1. The minimum absolute atomic E-state index is 0.0154. The van der Waals surface area contributed by atoms with E-state index in [0.717, 1.165) is 0 Å². The molecule has 141 valence electrons. The molecule has 0 saturated heterocycles. The van der Waals surface area contributed by atoms with Gasteiger partial charge in [0.15, 0.2) is 0 Å². The fourth-order valence-corrected chi connectivity index (χ4v) is 3.27. The van der Waals surface area contributed by atoms with Crippen LogP contribution in [0.4, 0.5) is 30.7 Å². The first kappa shape index (κ1) is 20.5. The van der Waals surface area contributed by atoms with Crippen molar-refractivity contribution in [2.75, 3.05) is 7.11 Å². The molecule has 0 N–H and O–H groups in total. The summed E-state index contributed by atoms with van der Waals surface area (Å²) in [6.07, 6.45) is -12.5. The van der Waals surface area contributed by atoms with Crippen LogP contribution in [0.3, 0.4) is 0 Å². The molecular weight excluding hydrogens is 433 g/mol. The van der Waals surface area contributed by atoms with E-state index < -0.39 is 29.1 Å². The average molecular weight is 444 g/mol. The maximum absolute atomic E-state index is 14.8. The number of hydrogen-bond acceptors (Lipinski definition) is 1. The highest BCUT2D eigenvalue weighted by Crippen LogP contribution is 2.56. The van der Waals surface area contributed by atoms with Gasteiger partial charge in [0, 0.05) is 27.2 Å². The molecule has 0 saturated carbocycles. The highest BCUT2D eigenvalue weighted by atomic mass is 79.9. The molecule has 0 aliphatic carbocycles. The van der Waals surface area contributed by atoms with Crippen LogP contribution < -0.4 is 4.74 Å². The number of benzene rings is 2. The second-order valence-corrected chi connectivity index (χ2v) is 6.20. The quantitative estimate of drug-likeness (QED) is 0.490. The number of hydrogen-bond donors (Lipinski definition) is 0. The van der Waals surface area contributed by atoms with E-state index in [1.54, 1.807) is 0 Å². The van der Waals surface area contributed by atoms with Crippen LogP contribution in [-0.4, -0.2) is 19.5 Å². The molecule has 9 heteroatoms. The SMILES string of the molecule is COc1ccccc1-c1c(Br)[c]c(C)cc1C(F)(C(F)(F)F)C(F)(F)F. The third kappa shape index (κ3) is 3.28. The van der Waals surface area contributed by atoms with Crippen molar-refractivity contribution in [2.45, 2.75) is 24.9 Å². The summed E-state index contributed by atoms with van der Waals surface area (Å²) >= 11 is 2.91. The molecule has 0 atom stereocenters. The molecule has 2 aromatic rings. The van der Waals surface area contributed by atoms with E-state index in [4.69, 9.17) is 4.74 Å². The van der Waals surface area contributed by atoms with E-state index in [0.29, 0.717) is 6.07 Å². The minimum atomic E-state index is -6.23. The number of methoxy groups -OCH3 is 1. The van der Waals surface area contributed by atoms with Crippen LogP contribution >= 0.6 is 15.9 Å². The Morgan fingerprint density at radius 2 is 1.50 bits per heavy atom. The van der Waals surface area contributed by atoms with E-state index in [2.05, 4.69) is 22.0 Å². The Kier molecular flexibility index (Phi) is 5.34. The summed E-state index contributed by atoms with van der Waals surface area (Å²) in [4.78, 5) is 0. The lowest BCUT2D eigenvalue weighted by molar-refractivity contribution is -0.348. The van der Waals surface area contributed by atoms with E-state index >= 15 is 0 Å². The number of aryl methyl sites for hydroxylation is 1. The fourth-order valence-electron chi connectivity index (χ4n) is 2.53. The molecule has 26 heavy (non-hydrogen) atoms. The summed E-state index contributed by atoms with van der Waals surface area (Å²) in [7, 11) is 1.19. The first-order valence-corrected chi connectivity index (χ1v) is 7.82. The zero-order valence-corrected chi connectivity index (χ0v) is 14.9. The zero-order valence-electron chi connectivity index (χ0n) is 13.3. The van der Waals surface area contributed by atoms with Gasteiger partial charge in [0.25, 0.3) is 0 Å². The molecule has 0 amide bonds. The smallest absolute Gasteiger partial charge is 0.435 e. The van der Waals surface area contributed by atoms with Crippen molar-refractivity contribution < 1.29 is 35.5 Å². The normalized spacial score (nSPS) is 13.0. The number of rotatable bonds is 3. The van der Waals surface area contributed by atoms with E-state index in [1.165, 1.54) is 38.3 Å². The molecule has 0 spiro atoms. The van der Waals surface area contributed by atoms with Crippen molar-refractivity contribution >= 4 is 15.9 Å². The summed E-state index contributed by atoms with van der Waals surface area (Å²) in [5, 5.41) is 0. The Labute approximate surface area is 152 Å². The third-order valence-electron chi connectivity index (χ3n) is 3.69. The molecule has 0 aromatic heterocycles. The lowest BCUT2D eigenvalue weighted by Crippen LogP contribution is -2.50. The lowest BCUT2D eigenvalue weighted by Gasteiger charge is -2.32. The summed E-state index contributed by atoms with van der Waals surface area (Å²) in [6.45, 7) is 1.22. The molecule has 0 aliphatic rings. The van der Waals surface area contributed by atoms with Crippen molar-refractivity contribution in [3.8, 4) is 16.9 Å². The van der Waals surface area contributed by atoms with Gasteiger partial charge < -0.3 is 4.74 Å². The molecule has 0 aliphatic heterocycles. The van der Waals surface area contributed by atoms with Gasteiger partial charge in [-0.3, -0.25) is 0 Å². The largest absolute Gasteiger partial charge is 0.496 e. The second kappa shape index (κ2) is 6.75. The first-order chi connectivity index (χ1) is 11.8. The van der Waals surface area contributed by atoms with E-state index in [1.807, 2.05) is 0 Å². The molecule has 2 rings (SSSR count). The summed E-state index contributed by atoms with van der Waals surface area (Å²) in [6, 6.07) is 8.49. The first-order valence-electron chi connectivity index (χ1n) is 7.03. The van der Waals surface area contributed by atoms with Gasteiger partial charge in [-0.25, -0.2) is 4.39 Å².